The minimum Gasteiger partial charge on any atom is -0.507 e. The molecule has 5 heteroatoms. The van der Waals surface area contributed by atoms with E-state index in [2.05, 4.69) is 122 Å². The first-order chi connectivity index (χ1) is 32.2. The van der Waals surface area contributed by atoms with E-state index >= 15 is 0 Å². The van der Waals surface area contributed by atoms with Crippen LogP contribution in [0.3, 0.4) is 0 Å². The molecule has 0 aliphatic carbocycles. The van der Waals surface area contributed by atoms with Crippen LogP contribution in [0.25, 0.3) is 83.9 Å². The first kappa shape index (κ1) is 42.3. The van der Waals surface area contributed by atoms with E-state index in [1.165, 1.54) is 5.56 Å². The zero-order valence-corrected chi connectivity index (χ0v) is 41.5. The van der Waals surface area contributed by atoms with Crippen LogP contribution < -0.4 is 0 Å². The minimum atomic E-state index is -1.19. The number of imidazole rings is 1. The molecule has 7 aromatic carbocycles. The van der Waals surface area contributed by atoms with E-state index in [0.717, 1.165) is 72.5 Å². The summed E-state index contributed by atoms with van der Waals surface area (Å²) in [4.78, 5) is 10.4. The SMILES string of the molecule is [2H]C(C)(C)c1cc(-c2nc3c(-c4[c-]c(-c5cc(-c6ccccc6)ccn5)cc(-c5ccccc5)c4)cccc3n2-c2ccc(-c3ccccc3C(C)(C)C)c(C([2H])(C)C)c2)c(O)c(C([2H])(C)C)c1.[Pt]. The molecule has 334 valence electrons. The molecule has 0 atom stereocenters. The van der Waals surface area contributed by atoms with Crippen molar-refractivity contribution in [1.82, 2.24) is 14.5 Å². The van der Waals surface area contributed by atoms with Gasteiger partial charge >= 0.3 is 0 Å². The Hall–Kier alpha value is -6.35. The summed E-state index contributed by atoms with van der Waals surface area (Å²) in [5.74, 6) is -2.86. The summed E-state index contributed by atoms with van der Waals surface area (Å²) in [5.41, 5.74) is 15.1. The maximum atomic E-state index is 12.4. The molecule has 0 saturated heterocycles. The van der Waals surface area contributed by atoms with Crippen molar-refractivity contribution in [2.24, 2.45) is 0 Å². The van der Waals surface area contributed by atoms with Gasteiger partial charge in [0.1, 0.15) is 11.6 Å². The molecule has 1 N–H and O–H groups in total. The van der Waals surface area contributed by atoms with E-state index in [1.54, 1.807) is 19.9 Å². The number of pyridine rings is 1. The van der Waals surface area contributed by atoms with E-state index in [4.69, 9.17) is 9.97 Å². The van der Waals surface area contributed by atoms with Crippen LogP contribution in [0.1, 0.15) is 106 Å². The van der Waals surface area contributed by atoms with Crippen LogP contribution in [0.15, 0.2) is 164 Å². The van der Waals surface area contributed by atoms with Crippen molar-refractivity contribution >= 4 is 11.0 Å². The monoisotopic (exact) mass is 1050 g/mol. The van der Waals surface area contributed by atoms with Crippen LogP contribution >= 0.6 is 0 Å². The number of fused-ring (bicyclic) bond motifs is 1. The average Bonchev–Trinajstić information content (AvgIpc) is 3.70. The van der Waals surface area contributed by atoms with Gasteiger partial charge in [0, 0.05) is 42.8 Å². The molecule has 0 aliphatic heterocycles. The predicted molar refractivity (Wildman–Crippen MR) is 273 cm³/mol. The summed E-state index contributed by atoms with van der Waals surface area (Å²) in [6.45, 7) is 17.6. The molecular formula is C61H58N3OPt-. The molecule has 9 aromatic rings. The van der Waals surface area contributed by atoms with Gasteiger partial charge in [-0.15, -0.1) is 23.8 Å². The molecule has 66 heavy (non-hydrogen) atoms. The summed E-state index contributed by atoms with van der Waals surface area (Å²) >= 11 is 0. The van der Waals surface area contributed by atoms with Gasteiger partial charge in [-0.1, -0.05) is 194 Å². The number of hydrogen-bond acceptors (Lipinski definition) is 3. The van der Waals surface area contributed by atoms with Crippen LogP contribution in [0, 0.1) is 6.07 Å². The Kier molecular flexibility index (Phi) is 12.1. The van der Waals surface area contributed by atoms with Gasteiger partial charge < -0.3 is 5.11 Å². The Morgan fingerprint density at radius 3 is 1.86 bits per heavy atom. The van der Waals surface area contributed by atoms with Crippen molar-refractivity contribution in [3.8, 4) is 78.6 Å². The zero-order chi connectivity index (χ0) is 48.3. The molecule has 0 unspecified atom stereocenters. The Morgan fingerprint density at radius 2 is 1.20 bits per heavy atom. The topological polar surface area (TPSA) is 50.9 Å². The fraction of sp³-hybridized carbons (Fsp3) is 0.213. The van der Waals surface area contributed by atoms with Crippen LogP contribution in [0.5, 0.6) is 5.75 Å². The Morgan fingerprint density at radius 1 is 0.561 bits per heavy atom. The first-order valence-electron chi connectivity index (χ1n) is 24.0. The molecule has 2 heterocycles. The third kappa shape index (κ3) is 8.97. The van der Waals surface area contributed by atoms with Crippen molar-refractivity contribution in [1.29, 1.82) is 0 Å². The zero-order valence-electron chi connectivity index (χ0n) is 42.2. The quantitative estimate of drug-likeness (QED) is 0.139. The van der Waals surface area contributed by atoms with E-state index in [0.29, 0.717) is 28.0 Å². The molecule has 0 fully saturated rings. The van der Waals surface area contributed by atoms with Crippen molar-refractivity contribution in [2.75, 3.05) is 0 Å². The second kappa shape index (κ2) is 18.9. The summed E-state index contributed by atoms with van der Waals surface area (Å²) < 4.78 is 30.0. The third-order valence-corrected chi connectivity index (χ3v) is 12.4. The molecular weight excluding hydrogens is 986 g/mol. The maximum Gasteiger partial charge on any atom is 0.148 e. The number of rotatable bonds is 10. The Labute approximate surface area is 410 Å². The molecule has 9 rings (SSSR count). The van der Waals surface area contributed by atoms with Crippen molar-refractivity contribution in [3.63, 3.8) is 0 Å². The first-order valence-corrected chi connectivity index (χ1v) is 22.5. The summed E-state index contributed by atoms with van der Waals surface area (Å²) in [7, 11) is 0. The Bertz CT molecular complexity index is 3340. The molecule has 0 saturated carbocycles. The molecule has 0 spiro atoms. The third-order valence-electron chi connectivity index (χ3n) is 12.4. The fourth-order valence-electron chi connectivity index (χ4n) is 8.96. The van der Waals surface area contributed by atoms with Crippen molar-refractivity contribution in [3.05, 3.63) is 192 Å². The van der Waals surface area contributed by atoms with Crippen LogP contribution in [-0.4, -0.2) is 19.6 Å². The maximum absolute atomic E-state index is 12.4. The number of hydrogen-bond donors (Lipinski definition) is 1. The number of phenols is 1. The van der Waals surface area contributed by atoms with Gasteiger partial charge in [-0.3, -0.25) is 9.55 Å². The van der Waals surface area contributed by atoms with Crippen LogP contribution in [0.4, 0.5) is 0 Å². The van der Waals surface area contributed by atoms with Gasteiger partial charge in [0.25, 0.3) is 0 Å². The van der Waals surface area contributed by atoms with E-state index in [9.17, 15) is 9.22 Å². The van der Waals surface area contributed by atoms with Crippen LogP contribution in [0.2, 0.25) is 0 Å². The second-order valence-corrected chi connectivity index (χ2v) is 18.7. The van der Waals surface area contributed by atoms with Crippen LogP contribution in [-0.2, 0) is 26.5 Å². The molecule has 0 amide bonds. The predicted octanol–water partition coefficient (Wildman–Crippen LogP) is 16.6. The number of nitrogens with zero attached hydrogens (tertiary/aromatic N) is 3. The van der Waals surface area contributed by atoms with E-state index < -0.39 is 17.7 Å². The number of benzene rings is 7. The van der Waals surface area contributed by atoms with Gasteiger partial charge in [-0.05, 0) is 103 Å². The van der Waals surface area contributed by atoms with Gasteiger partial charge in [-0.25, -0.2) is 4.98 Å². The van der Waals surface area contributed by atoms with Crippen molar-refractivity contribution < 1.29 is 30.3 Å². The van der Waals surface area contributed by atoms with Gasteiger partial charge in [0.05, 0.1) is 16.6 Å². The molecule has 0 bridgehead atoms. The van der Waals surface area contributed by atoms with Gasteiger partial charge in [-0.2, -0.15) is 0 Å². The van der Waals surface area contributed by atoms with E-state index in [1.807, 2.05) is 94.6 Å². The molecule has 2 aromatic heterocycles. The normalized spacial score (nSPS) is 12.9. The number of para-hydroxylation sites is 1. The summed E-state index contributed by atoms with van der Waals surface area (Å²) in [6.07, 6.45) is 1.85. The number of phenolic OH excluding ortho intramolecular Hbond substituents is 1. The smallest absolute Gasteiger partial charge is 0.148 e. The molecule has 0 radical (unpaired) electrons. The Balaban J connectivity index is 0.00000642. The average molecular weight is 1050 g/mol. The van der Waals surface area contributed by atoms with Gasteiger partial charge in [0.2, 0.25) is 0 Å². The fourth-order valence-corrected chi connectivity index (χ4v) is 8.96. The number of aromatic nitrogens is 3. The minimum absolute atomic E-state index is 0. The van der Waals surface area contributed by atoms with Gasteiger partial charge in [0.15, 0.2) is 0 Å². The standard InChI is InChI=1S/C61H58N3O.Pt/c1-38(2)44-34-53(40(5)6)59(65)54(35-44)60-63-58-49(24-18-26-57(58)64(60)48-27-28-50(52(37-48)39(3)4)51-23-16-17-25-55(51)61(7,8)9)46-31-45(42-21-14-11-15-22-42)32-47(33-46)56-36-43(29-30-62-56)41-19-12-10-13-20-41;/h10-32,34-40,65H,1-9H3;/q-1;/i38D,39D,40D;. The number of aromatic hydroxyl groups is 1. The summed E-state index contributed by atoms with van der Waals surface area (Å²) in [5, 5.41) is 12.4. The molecule has 0 aliphatic rings. The van der Waals surface area contributed by atoms with E-state index in [-0.39, 0.29) is 32.2 Å². The second-order valence-electron chi connectivity index (χ2n) is 18.7. The summed E-state index contributed by atoms with van der Waals surface area (Å²) in [6, 6.07) is 57.3. The largest absolute Gasteiger partial charge is 0.507 e. The van der Waals surface area contributed by atoms with Crippen molar-refractivity contribution in [2.45, 2.75) is 85.4 Å². The molecule has 4 nitrogen and oxygen atoms in total.